The highest BCUT2D eigenvalue weighted by Crippen LogP contribution is 2.44. The van der Waals surface area contributed by atoms with Crippen molar-refractivity contribution in [3.05, 3.63) is 31.2 Å². The number of hydrogen-bond donors (Lipinski definition) is 2. The smallest absolute Gasteiger partial charge is 0.321 e. The van der Waals surface area contributed by atoms with Gasteiger partial charge in [0.15, 0.2) is 0 Å². The van der Waals surface area contributed by atoms with Crippen LogP contribution in [0.4, 0.5) is 4.79 Å². The maximum atomic E-state index is 12.5. The molecule has 1 aliphatic heterocycles. The number of hydrogen-bond acceptors (Lipinski definition) is 4. The Balaban J connectivity index is 2.23. The molecule has 0 fully saturated rings. The van der Waals surface area contributed by atoms with Crippen LogP contribution in [0.15, 0.2) is 0 Å². The number of carbonyl (C=O) groups is 4. The van der Waals surface area contributed by atoms with Gasteiger partial charge in [-0.3, -0.25) is 24.6 Å². The molecule has 0 saturated carbocycles. The lowest BCUT2D eigenvalue weighted by atomic mass is 10.1. The zero-order chi connectivity index (χ0) is 20.0. The highest BCUT2D eigenvalue weighted by Gasteiger charge is 2.42. The Morgan fingerprint density at radius 2 is 1.31 bits per heavy atom. The van der Waals surface area contributed by atoms with Crippen molar-refractivity contribution in [1.29, 1.82) is 0 Å². The van der Waals surface area contributed by atoms with Crippen molar-refractivity contribution >= 4 is 70.2 Å². The number of amides is 5. The molecule has 0 aromatic heterocycles. The van der Waals surface area contributed by atoms with Gasteiger partial charge in [0.1, 0.15) is 6.54 Å². The monoisotopic (exact) mass is 439 g/mol. The Morgan fingerprint density at radius 1 is 0.885 bits per heavy atom. The second-order valence-corrected chi connectivity index (χ2v) is 7.97. The zero-order valence-corrected chi connectivity index (χ0v) is 16.8. The minimum absolute atomic E-state index is 0.172. The van der Waals surface area contributed by atoms with Gasteiger partial charge in [-0.2, -0.15) is 0 Å². The van der Waals surface area contributed by atoms with E-state index in [1.807, 2.05) is 5.32 Å². The van der Waals surface area contributed by atoms with Gasteiger partial charge < -0.3 is 5.32 Å². The second kappa shape index (κ2) is 7.23. The summed E-state index contributed by atoms with van der Waals surface area (Å²) in [5.41, 5.74) is -1.04. The molecule has 1 heterocycles. The van der Waals surface area contributed by atoms with Crippen LogP contribution in [0.25, 0.3) is 0 Å². The third-order valence-electron chi connectivity index (χ3n) is 3.23. The van der Waals surface area contributed by atoms with Crippen molar-refractivity contribution in [1.82, 2.24) is 15.5 Å². The van der Waals surface area contributed by atoms with Gasteiger partial charge in [0.2, 0.25) is 5.91 Å². The molecule has 5 amide bonds. The van der Waals surface area contributed by atoms with E-state index in [-0.39, 0.29) is 31.2 Å². The van der Waals surface area contributed by atoms with Crippen LogP contribution in [-0.2, 0) is 4.79 Å². The van der Waals surface area contributed by atoms with Gasteiger partial charge in [-0.25, -0.2) is 4.79 Å². The Kier molecular flexibility index (Phi) is 5.77. The van der Waals surface area contributed by atoms with Gasteiger partial charge in [0, 0.05) is 5.54 Å². The van der Waals surface area contributed by atoms with Crippen molar-refractivity contribution in [3.63, 3.8) is 0 Å². The van der Waals surface area contributed by atoms with E-state index in [4.69, 9.17) is 46.4 Å². The topological polar surface area (TPSA) is 95.6 Å². The van der Waals surface area contributed by atoms with Crippen LogP contribution in [0, 0.1) is 0 Å². The summed E-state index contributed by atoms with van der Waals surface area (Å²) >= 11 is 23.8. The van der Waals surface area contributed by atoms with Gasteiger partial charge in [-0.15, -0.1) is 0 Å². The summed E-state index contributed by atoms with van der Waals surface area (Å²) in [7, 11) is 0. The van der Waals surface area contributed by atoms with Crippen LogP contribution in [0.5, 0.6) is 0 Å². The van der Waals surface area contributed by atoms with E-state index >= 15 is 0 Å². The molecule has 2 rings (SSSR count). The number of halogens is 4. The Morgan fingerprint density at radius 3 is 1.69 bits per heavy atom. The molecule has 0 aliphatic carbocycles. The van der Waals surface area contributed by atoms with Crippen molar-refractivity contribution in [3.8, 4) is 0 Å². The molecule has 140 valence electrons. The minimum atomic E-state index is -0.870. The standard InChI is InChI=1S/C15H13Cl4N3O4/c1-15(2,3)21-14(26)20-5(23)4-22-12(24)6-7(13(22)25)9(17)11(19)10(18)8(6)16/h4H2,1-3H3,(H2,20,21,23,26). The Bertz CT molecular complexity index is 802. The molecule has 0 unspecified atom stereocenters. The van der Waals surface area contributed by atoms with Crippen LogP contribution in [-0.4, -0.2) is 40.7 Å². The molecule has 11 heteroatoms. The maximum absolute atomic E-state index is 12.5. The van der Waals surface area contributed by atoms with Crippen LogP contribution in [0.1, 0.15) is 41.5 Å². The Hall–Kier alpha value is -1.54. The van der Waals surface area contributed by atoms with Crippen molar-refractivity contribution in [2.45, 2.75) is 26.3 Å². The number of nitrogens with one attached hydrogen (secondary N) is 2. The minimum Gasteiger partial charge on any atom is -0.333 e. The quantitative estimate of drug-likeness (QED) is 0.417. The maximum Gasteiger partial charge on any atom is 0.321 e. The molecule has 7 nitrogen and oxygen atoms in total. The van der Waals surface area contributed by atoms with E-state index < -0.39 is 35.8 Å². The first-order chi connectivity index (χ1) is 11.8. The van der Waals surface area contributed by atoms with E-state index in [1.54, 1.807) is 20.8 Å². The normalized spacial score (nSPS) is 13.7. The van der Waals surface area contributed by atoms with Crippen LogP contribution >= 0.6 is 46.4 Å². The predicted molar refractivity (Wildman–Crippen MR) is 98.3 cm³/mol. The van der Waals surface area contributed by atoms with E-state index in [1.165, 1.54) is 0 Å². The number of fused-ring (bicyclic) bond motifs is 1. The number of imide groups is 2. The summed E-state index contributed by atoms with van der Waals surface area (Å²) in [4.78, 5) is 49.3. The number of urea groups is 1. The average molecular weight is 441 g/mol. The zero-order valence-electron chi connectivity index (χ0n) is 13.8. The van der Waals surface area contributed by atoms with Crippen LogP contribution < -0.4 is 10.6 Å². The highest BCUT2D eigenvalue weighted by molar-refractivity contribution is 6.55. The van der Waals surface area contributed by atoms with Crippen LogP contribution in [0.2, 0.25) is 20.1 Å². The summed E-state index contributed by atoms with van der Waals surface area (Å²) in [6.45, 7) is 4.46. The number of rotatable bonds is 2. The Labute approximate surface area is 168 Å². The molecular weight excluding hydrogens is 428 g/mol. The summed E-state index contributed by atoms with van der Waals surface area (Å²) in [6.07, 6.45) is 0. The van der Waals surface area contributed by atoms with Crippen molar-refractivity contribution < 1.29 is 19.2 Å². The van der Waals surface area contributed by atoms with Gasteiger partial charge >= 0.3 is 6.03 Å². The van der Waals surface area contributed by atoms with E-state index in [9.17, 15) is 19.2 Å². The van der Waals surface area contributed by atoms with Gasteiger partial charge in [0.05, 0.1) is 31.2 Å². The summed E-state index contributed by atoms with van der Waals surface area (Å²) in [6, 6.07) is -0.763. The van der Waals surface area contributed by atoms with E-state index in [0.717, 1.165) is 0 Å². The van der Waals surface area contributed by atoms with Crippen molar-refractivity contribution in [2.24, 2.45) is 0 Å². The average Bonchev–Trinajstić information content (AvgIpc) is 2.73. The lowest BCUT2D eigenvalue weighted by molar-refractivity contribution is -0.120. The van der Waals surface area contributed by atoms with Gasteiger partial charge in [0.25, 0.3) is 11.8 Å². The van der Waals surface area contributed by atoms with Crippen LogP contribution in [0.3, 0.4) is 0 Å². The summed E-state index contributed by atoms with van der Waals surface area (Å²) in [5, 5.41) is 3.73. The lowest BCUT2D eigenvalue weighted by Gasteiger charge is -2.21. The first kappa shape index (κ1) is 20.8. The fourth-order valence-electron chi connectivity index (χ4n) is 2.22. The molecule has 2 N–H and O–H groups in total. The first-order valence-electron chi connectivity index (χ1n) is 7.19. The number of carbonyl (C=O) groups excluding carboxylic acids is 4. The highest BCUT2D eigenvalue weighted by atomic mass is 35.5. The molecule has 1 aromatic rings. The number of nitrogens with zero attached hydrogens (tertiary/aromatic N) is 1. The predicted octanol–water partition coefficient (Wildman–Crippen LogP) is 3.52. The summed E-state index contributed by atoms with van der Waals surface area (Å²) < 4.78 is 0. The third-order valence-corrected chi connectivity index (χ3v) is 5.03. The lowest BCUT2D eigenvalue weighted by Crippen LogP contribution is -2.50. The third kappa shape index (κ3) is 3.91. The summed E-state index contributed by atoms with van der Waals surface area (Å²) in [5.74, 6) is -2.59. The fraction of sp³-hybridized carbons (Fsp3) is 0.333. The first-order valence-corrected chi connectivity index (χ1v) is 8.70. The fourth-order valence-corrected chi connectivity index (χ4v) is 3.24. The van der Waals surface area contributed by atoms with E-state index in [0.29, 0.717) is 4.90 Å². The molecule has 26 heavy (non-hydrogen) atoms. The molecule has 0 bridgehead atoms. The molecule has 0 radical (unpaired) electrons. The van der Waals surface area contributed by atoms with E-state index in [2.05, 4.69) is 5.32 Å². The molecule has 0 atom stereocenters. The van der Waals surface area contributed by atoms with Gasteiger partial charge in [-0.05, 0) is 20.8 Å². The largest absolute Gasteiger partial charge is 0.333 e. The number of benzene rings is 1. The SMILES string of the molecule is CC(C)(C)NC(=O)NC(=O)CN1C(=O)c2c(Cl)c(Cl)c(Cl)c(Cl)c2C1=O. The second-order valence-electron chi connectivity index (χ2n) is 6.45. The molecule has 1 aromatic carbocycles. The molecule has 0 saturated heterocycles. The van der Waals surface area contributed by atoms with Gasteiger partial charge in [-0.1, -0.05) is 46.4 Å². The molecule has 0 spiro atoms. The molecule has 1 aliphatic rings. The van der Waals surface area contributed by atoms with Crippen molar-refractivity contribution in [2.75, 3.05) is 6.54 Å². The molecular formula is C15H13Cl4N3O4.